The molecule has 9 nitrogen and oxygen atoms in total. The van der Waals surface area contributed by atoms with Crippen LogP contribution in [-0.4, -0.2) is 71.2 Å². The van der Waals surface area contributed by atoms with Gasteiger partial charge in [0, 0.05) is 56.5 Å². The van der Waals surface area contributed by atoms with Gasteiger partial charge in [-0.3, -0.25) is 19.8 Å². The van der Waals surface area contributed by atoms with Gasteiger partial charge in [-0.05, 0) is 41.8 Å². The van der Waals surface area contributed by atoms with E-state index in [-0.39, 0.29) is 36.5 Å². The van der Waals surface area contributed by atoms with Crippen molar-refractivity contribution in [3.8, 4) is 0 Å². The third-order valence-corrected chi connectivity index (χ3v) is 6.52. The molecule has 1 saturated heterocycles. The average molecular weight is 512 g/mol. The molecular weight excluding hydrogens is 482 g/mol. The summed E-state index contributed by atoms with van der Waals surface area (Å²) < 4.78 is 0. The Morgan fingerprint density at radius 2 is 1.61 bits per heavy atom. The molecule has 2 aliphatic heterocycles. The summed E-state index contributed by atoms with van der Waals surface area (Å²) in [4.78, 5) is 42.1. The summed E-state index contributed by atoms with van der Waals surface area (Å²) >= 11 is 0. The number of nitrogens with one attached hydrogen (secondary N) is 1. The largest absolute Gasteiger partial charge is 0.481 e. The van der Waals surface area contributed by atoms with Gasteiger partial charge >= 0.3 is 5.97 Å². The van der Waals surface area contributed by atoms with Crippen molar-refractivity contribution in [3.63, 3.8) is 0 Å². The minimum absolute atomic E-state index is 0. The Bertz CT molecular complexity index is 1190. The second kappa shape index (κ2) is 11.3. The van der Waals surface area contributed by atoms with Crippen molar-refractivity contribution in [2.24, 2.45) is 5.73 Å². The molecule has 2 amide bonds. The number of carboxylic acids is 1. The highest BCUT2D eigenvalue weighted by molar-refractivity contribution is 6.29. The van der Waals surface area contributed by atoms with E-state index < -0.39 is 5.97 Å². The lowest BCUT2D eigenvalue weighted by atomic mass is 10.0. The first kappa shape index (κ1) is 26.7. The number of halogens is 1. The van der Waals surface area contributed by atoms with Crippen molar-refractivity contribution in [3.05, 3.63) is 70.9 Å². The maximum absolute atomic E-state index is 13.7. The Labute approximate surface area is 216 Å². The van der Waals surface area contributed by atoms with Crippen molar-refractivity contribution in [2.45, 2.75) is 19.8 Å². The Hall–Kier alpha value is -3.85. The van der Waals surface area contributed by atoms with Crippen LogP contribution in [0, 0.1) is 5.41 Å². The van der Waals surface area contributed by atoms with E-state index in [2.05, 4.69) is 4.90 Å². The van der Waals surface area contributed by atoms with Gasteiger partial charge in [-0.2, -0.15) is 0 Å². The number of amides is 2. The summed E-state index contributed by atoms with van der Waals surface area (Å²) in [7, 11) is 0. The lowest BCUT2D eigenvalue weighted by molar-refractivity contribution is -0.137. The molecule has 0 unspecified atom stereocenters. The molecule has 10 heteroatoms. The minimum Gasteiger partial charge on any atom is -0.481 e. The number of rotatable bonds is 7. The molecular formula is C26H30ClN5O4. The van der Waals surface area contributed by atoms with Crippen molar-refractivity contribution < 1.29 is 19.5 Å². The highest BCUT2D eigenvalue weighted by Gasteiger charge is 2.36. The fraction of sp³-hybridized carbons (Fsp3) is 0.308. The summed E-state index contributed by atoms with van der Waals surface area (Å²) in [5.74, 6) is -0.954. The molecule has 4 N–H and O–H groups in total. The number of piperazine rings is 1. The highest BCUT2D eigenvalue weighted by atomic mass is 35.5. The number of carbonyl (C=O) groups is 3. The molecule has 190 valence electrons. The zero-order valence-electron chi connectivity index (χ0n) is 20.1. The summed E-state index contributed by atoms with van der Waals surface area (Å²) in [5, 5.41) is 16.6. The standard InChI is InChI=1S/C26H29N5O4.ClH/c1-17(32)29-12-14-30(15-13-29)22-16-31(21-9-7-20(8-10-21)25(27)28)26(35)24(22)19-5-2-18(3-6-19)4-11-23(33)34;/h2-3,5-10H,4,11-16H2,1H3,(H3,27,28)(H,33,34);1H. The molecule has 0 spiro atoms. The second-order valence-electron chi connectivity index (χ2n) is 8.76. The summed E-state index contributed by atoms with van der Waals surface area (Å²) in [6.07, 6.45) is 0.480. The van der Waals surface area contributed by atoms with Gasteiger partial charge in [-0.1, -0.05) is 24.3 Å². The predicted octanol–water partition coefficient (Wildman–Crippen LogP) is 2.33. The van der Waals surface area contributed by atoms with Crippen LogP contribution < -0.4 is 10.6 Å². The third-order valence-electron chi connectivity index (χ3n) is 6.52. The number of aryl methyl sites for hydroxylation is 1. The van der Waals surface area contributed by atoms with Gasteiger partial charge in [0.25, 0.3) is 5.91 Å². The molecule has 2 aliphatic rings. The molecule has 1 fully saturated rings. The van der Waals surface area contributed by atoms with Crippen molar-refractivity contribution >= 4 is 47.3 Å². The quantitative estimate of drug-likeness (QED) is 0.386. The fourth-order valence-corrected chi connectivity index (χ4v) is 4.52. The van der Waals surface area contributed by atoms with Crippen LogP contribution >= 0.6 is 12.4 Å². The van der Waals surface area contributed by atoms with Crippen molar-refractivity contribution in [1.29, 1.82) is 5.41 Å². The van der Waals surface area contributed by atoms with Gasteiger partial charge in [0.15, 0.2) is 0 Å². The normalized spacial score (nSPS) is 15.7. The van der Waals surface area contributed by atoms with E-state index in [9.17, 15) is 14.4 Å². The molecule has 0 radical (unpaired) electrons. The minimum atomic E-state index is -0.846. The molecule has 4 rings (SSSR count). The maximum atomic E-state index is 13.7. The number of nitrogens with zero attached hydrogens (tertiary/aromatic N) is 3. The average Bonchev–Trinajstić information content (AvgIpc) is 3.20. The lowest BCUT2D eigenvalue weighted by Crippen LogP contribution is -2.48. The molecule has 0 aliphatic carbocycles. The Morgan fingerprint density at radius 3 is 2.14 bits per heavy atom. The van der Waals surface area contributed by atoms with E-state index in [4.69, 9.17) is 16.2 Å². The van der Waals surface area contributed by atoms with E-state index in [0.717, 1.165) is 16.8 Å². The summed E-state index contributed by atoms with van der Waals surface area (Å²) in [5.41, 5.74) is 10.1. The number of hydrogen-bond donors (Lipinski definition) is 3. The molecule has 2 aromatic rings. The van der Waals surface area contributed by atoms with Gasteiger partial charge in [0.1, 0.15) is 5.84 Å². The van der Waals surface area contributed by atoms with Crippen LogP contribution in [-0.2, 0) is 20.8 Å². The van der Waals surface area contributed by atoms with Crippen LogP contribution in [0.4, 0.5) is 5.69 Å². The van der Waals surface area contributed by atoms with Crippen LogP contribution in [0.1, 0.15) is 30.0 Å². The summed E-state index contributed by atoms with van der Waals surface area (Å²) in [6, 6.07) is 14.5. The number of aliphatic carboxylic acids is 1. The highest BCUT2D eigenvalue weighted by Crippen LogP contribution is 2.34. The zero-order valence-corrected chi connectivity index (χ0v) is 20.9. The van der Waals surface area contributed by atoms with E-state index in [1.54, 1.807) is 36.1 Å². The number of anilines is 1. The van der Waals surface area contributed by atoms with E-state index in [1.165, 1.54) is 0 Å². The van der Waals surface area contributed by atoms with Crippen LogP contribution in [0.5, 0.6) is 0 Å². The number of carbonyl (C=O) groups excluding carboxylic acids is 2. The number of hydrogen-bond acceptors (Lipinski definition) is 5. The van der Waals surface area contributed by atoms with Crippen LogP contribution in [0.3, 0.4) is 0 Å². The van der Waals surface area contributed by atoms with Crippen molar-refractivity contribution in [2.75, 3.05) is 37.6 Å². The van der Waals surface area contributed by atoms with Gasteiger partial charge in [0.05, 0.1) is 12.1 Å². The number of nitrogens with two attached hydrogens (primary N) is 1. The first-order valence-electron chi connectivity index (χ1n) is 11.6. The number of benzene rings is 2. The third kappa shape index (κ3) is 5.68. The summed E-state index contributed by atoms with van der Waals surface area (Å²) in [6.45, 7) is 4.44. The SMILES string of the molecule is CC(=O)N1CCN(C2=C(c3ccc(CCC(=O)O)cc3)C(=O)N(c3ccc(C(=N)N)cc3)C2)CC1.Cl. The number of nitrogen functional groups attached to an aromatic ring is 1. The topological polar surface area (TPSA) is 131 Å². The van der Waals surface area contributed by atoms with Gasteiger partial charge in [-0.15, -0.1) is 12.4 Å². The van der Waals surface area contributed by atoms with E-state index >= 15 is 0 Å². The molecule has 0 saturated carbocycles. The van der Waals surface area contributed by atoms with Crippen LogP contribution in [0.15, 0.2) is 54.2 Å². The van der Waals surface area contributed by atoms with E-state index in [1.807, 2.05) is 29.2 Å². The molecule has 2 heterocycles. The Kier molecular flexibility index (Phi) is 8.37. The van der Waals surface area contributed by atoms with Crippen LogP contribution in [0.25, 0.3) is 5.57 Å². The smallest absolute Gasteiger partial charge is 0.303 e. The molecule has 36 heavy (non-hydrogen) atoms. The van der Waals surface area contributed by atoms with E-state index in [0.29, 0.717) is 56.0 Å². The Morgan fingerprint density at radius 1 is 1.00 bits per heavy atom. The van der Waals surface area contributed by atoms with Gasteiger partial charge in [-0.25, -0.2) is 0 Å². The lowest BCUT2D eigenvalue weighted by Gasteiger charge is -2.36. The van der Waals surface area contributed by atoms with Gasteiger partial charge < -0.3 is 25.5 Å². The molecule has 0 bridgehead atoms. The number of amidine groups is 1. The Balaban J connectivity index is 0.00000361. The first-order chi connectivity index (χ1) is 16.7. The molecule has 0 atom stereocenters. The van der Waals surface area contributed by atoms with Crippen molar-refractivity contribution in [1.82, 2.24) is 9.80 Å². The zero-order chi connectivity index (χ0) is 25.1. The fourth-order valence-electron chi connectivity index (χ4n) is 4.52. The second-order valence-corrected chi connectivity index (χ2v) is 8.76. The monoisotopic (exact) mass is 511 g/mol. The molecule has 2 aromatic carbocycles. The predicted molar refractivity (Wildman–Crippen MR) is 140 cm³/mol. The first-order valence-corrected chi connectivity index (χ1v) is 11.6. The van der Waals surface area contributed by atoms with Crippen LogP contribution in [0.2, 0.25) is 0 Å². The maximum Gasteiger partial charge on any atom is 0.303 e. The molecule has 0 aromatic heterocycles. The number of carboxylic acid groups (broad SMARTS) is 1. The van der Waals surface area contributed by atoms with Gasteiger partial charge in [0.2, 0.25) is 5.91 Å².